The van der Waals surface area contributed by atoms with Crippen LogP contribution in [0.5, 0.6) is 5.75 Å². The van der Waals surface area contributed by atoms with Gasteiger partial charge in [0.1, 0.15) is 11.9 Å². The number of para-hydroxylation sites is 1. The third-order valence-electron chi connectivity index (χ3n) is 7.32. The number of aliphatic imine (C=N–C) groups is 1. The third-order valence-corrected chi connectivity index (χ3v) is 7.32. The molecule has 1 saturated heterocycles. The number of hydrogen-bond acceptors (Lipinski definition) is 7. The second-order valence-corrected chi connectivity index (χ2v) is 10.4. The number of hydrogen-bond donors (Lipinski definition) is 6. The number of carbonyl (C=O) groups is 1. The van der Waals surface area contributed by atoms with Gasteiger partial charge in [0.15, 0.2) is 5.96 Å². The van der Waals surface area contributed by atoms with E-state index in [1.165, 1.54) is 0 Å². The zero-order valence-electron chi connectivity index (χ0n) is 23.4. The van der Waals surface area contributed by atoms with Crippen LogP contribution in [-0.4, -0.2) is 75.5 Å². The Balaban J connectivity index is 1.17. The quantitative estimate of drug-likeness (QED) is 0.123. The molecule has 3 aliphatic rings. The van der Waals surface area contributed by atoms with Crippen LogP contribution in [-0.2, 0) is 6.54 Å². The number of rotatable bonds is 13. The largest absolute Gasteiger partial charge is 0.493 e. The molecule has 218 valence electrons. The van der Waals surface area contributed by atoms with E-state index in [1.807, 2.05) is 48.7 Å². The van der Waals surface area contributed by atoms with E-state index in [-0.39, 0.29) is 18.2 Å². The van der Waals surface area contributed by atoms with Gasteiger partial charge in [0.05, 0.1) is 12.3 Å². The van der Waals surface area contributed by atoms with Crippen molar-refractivity contribution in [2.45, 2.75) is 25.6 Å². The SMILES string of the molecule is NC(N)=NCCCNCc1ccc(N2C=C3C=C(c4ccccc4OCCCN4CCNCC4)NC3NC2=O)cc1. The van der Waals surface area contributed by atoms with Gasteiger partial charge in [0, 0.05) is 68.8 Å². The molecule has 1 atom stereocenters. The summed E-state index contributed by atoms with van der Waals surface area (Å²) in [5.74, 6) is 0.962. The lowest BCUT2D eigenvalue weighted by Gasteiger charge is -2.29. The van der Waals surface area contributed by atoms with Gasteiger partial charge in [-0.2, -0.15) is 0 Å². The van der Waals surface area contributed by atoms with E-state index in [0.29, 0.717) is 13.2 Å². The van der Waals surface area contributed by atoms with E-state index in [4.69, 9.17) is 16.2 Å². The number of urea groups is 1. The molecule has 11 heteroatoms. The fourth-order valence-electron chi connectivity index (χ4n) is 5.15. The molecule has 3 heterocycles. The van der Waals surface area contributed by atoms with Gasteiger partial charge in [-0.25, -0.2) is 4.79 Å². The summed E-state index contributed by atoms with van der Waals surface area (Å²) >= 11 is 0. The molecule has 5 rings (SSSR count). The summed E-state index contributed by atoms with van der Waals surface area (Å²) in [6.07, 6.45) is 5.54. The molecule has 1 fully saturated rings. The first-order chi connectivity index (χ1) is 20.1. The zero-order valence-corrected chi connectivity index (χ0v) is 23.4. The van der Waals surface area contributed by atoms with Crippen molar-refractivity contribution in [1.29, 1.82) is 0 Å². The number of ether oxygens (including phenoxy) is 1. The predicted molar refractivity (Wildman–Crippen MR) is 163 cm³/mol. The molecule has 1 unspecified atom stereocenters. The molecule has 41 heavy (non-hydrogen) atoms. The molecule has 2 amide bonds. The maximum atomic E-state index is 13.0. The van der Waals surface area contributed by atoms with Crippen LogP contribution in [0.4, 0.5) is 10.5 Å². The maximum Gasteiger partial charge on any atom is 0.327 e. The molecule has 0 aliphatic carbocycles. The van der Waals surface area contributed by atoms with Crippen molar-refractivity contribution in [3.05, 3.63) is 77.5 Å². The van der Waals surface area contributed by atoms with Crippen LogP contribution in [0.1, 0.15) is 24.0 Å². The van der Waals surface area contributed by atoms with Crippen molar-refractivity contribution in [1.82, 2.24) is 26.2 Å². The predicted octanol–water partition coefficient (Wildman–Crippen LogP) is 1.50. The number of anilines is 1. The molecule has 0 saturated carbocycles. The van der Waals surface area contributed by atoms with Gasteiger partial charge in [-0.1, -0.05) is 24.3 Å². The summed E-state index contributed by atoms with van der Waals surface area (Å²) in [6.45, 7) is 8.15. The summed E-state index contributed by atoms with van der Waals surface area (Å²) in [7, 11) is 0. The van der Waals surface area contributed by atoms with E-state index in [0.717, 1.165) is 92.5 Å². The van der Waals surface area contributed by atoms with E-state index in [9.17, 15) is 4.79 Å². The van der Waals surface area contributed by atoms with Gasteiger partial charge < -0.3 is 42.4 Å². The van der Waals surface area contributed by atoms with Crippen molar-refractivity contribution >= 4 is 23.4 Å². The highest BCUT2D eigenvalue weighted by molar-refractivity contribution is 5.96. The van der Waals surface area contributed by atoms with Crippen LogP contribution in [0.2, 0.25) is 0 Å². The number of benzene rings is 2. The van der Waals surface area contributed by atoms with Crippen molar-refractivity contribution < 1.29 is 9.53 Å². The van der Waals surface area contributed by atoms with Crippen molar-refractivity contribution in [2.24, 2.45) is 16.5 Å². The molecular weight excluding hydrogens is 518 g/mol. The van der Waals surface area contributed by atoms with Crippen LogP contribution in [0, 0.1) is 0 Å². The monoisotopic (exact) mass is 559 g/mol. The van der Waals surface area contributed by atoms with Gasteiger partial charge in [-0.3, -0.25) is 9.89 Å². The van der Waals surface area contributed by atoms with Crippen molar-refractivity contribution in [3.63, 3.8) is 0 Å². The number of nitrogens with two attached hydrogens (primary N) is 2. The minimum atomic E-state index is -0.281. The lowest BCUT2D eigenvalue weighted by molar-refractivity contribution is 0.213. The normalized spacial score (nSPS) is 18.6. The van der Waals surface area contributed by atoms with E-state index >= 15 is 0 Å². The lowest BCUT2D eigenvalue weighted by atomic mass is 10.1. The summed E-state index contributed by atoms with van der Waals surface area (Å²) < 4.78 is 6.21. The van der Waals surface area contributed by atoms with Gasteiger partial charge >= 0.3 is 6.03 Å². The molecule has 8 N–H and O–H groups in total. The third kappa shape index (κ3) is 7.78. The first-order valence-electron chi connectivity index (χ1n) is 14.4. The zero-order chi connectivity index (χ0) is 28.4. The van der Waals surface area contributed by atoms with Crippen LogP contribution in [0.3, 0.4) is 0 Å². The molecule has 11 nitrogen and oxygen atoms in total. The molecule has 0 spiro atoms. The second-order valence-electron chi connectivity index (χ2n) is 10.4. The topological polar surface area (TPSA) is 145 Å². The van der Waals surface area contributed by atoms with Crippen molar-refractivity contribution in [3.8, 4) is 5.75 Å². The average Bonchev–Trinajstić information content (AvgIpc) is 3.40. The van der Waals surface area contributed by atoms with Gasteiger partial charge in [-0.05, 0) is 55.3 Å². The second kappa shape index (κ2) is 14.0. The Labute approximate surface area is 241 Å². The van der Waals surface area contributed by atoms with Gasteiger partial charge in [0.2, 0.25) is 0 Å². The highest BCUT2D eigenvalue weighted by Gasteiger charge is 2.31. The Hall–Kier alpha value is -4.06. The summed E-state index contributed by atoms with van der Waals surface area (Å²) in [6, 6.07) is 15.9. The van der Waals surface area contributed by atoms with Crippen LogP contribution in [0.15, 0.2) is 71.4 Å². The van der Waals surface area contributed by atoms with E-state index in [1.54, 1.807) is 4.90 Å². The first-order valence-corrected chi connectivity index (χ1v) is 14.4. The summed E-state index contributed by atoms with van der Waals surface area (Å²) in [4.78, 5) is 21.1. The Morgan fingerprint density at radius 3 is 2.66 bits per heavy atom. The smallest absolute Gasteiger partial charge is 0.327 e. The minimum absolute atomic E-state index is 0.120. The molecule has 0 radical (unpaired) electrons. The fourth-order valence-corrected chi connectivity index (χ4v) is 5.15. The molecular formula is C30H41N9O2. The van der Waals surface area contributed by atoms with E-state index in [2.05, 4.69) is 43.3 Å². The van der Waals surface area contributed by atoms with Gasteiger partial charge in [-0.15, -0.1) is 0 Å². The fraction of sp³-hybridized carbons (Fsp3) is 0.400. The number of guanidine groups is 1. The number of nitrogens with one attached hydrogen (secondary N) is 4. The van der Waals surface area contributed by atoms with Crippen LogP contribution >= 0.6 is 0 Å². The Kier molecular flexibility index (Phi) is 9.74. The minimum Gasteiger partial charge on any atom is -0.493 e. The van der Waals surface area contributed by atoms with Gasteiger partial charge in [0.25, 0.3) is 0 Å². The Morgan fingerprint density at radius 2 is 1.85 bits per heavy atom. The molecule has 2 aromatic rings. The molecule has 0 bridgehead atoms. The Morgan fingerprint density at radius 1 is 1.05 bits per heavy atom. The number of nitrogens with zero attached hydrogens (tertiary/aromatic N) is 3. The molecule has 0 aromatic heterocycles. The number of piperazine rings is 1. The number of carbonyl (C=O) groups excluding carboxylic acids is 1. The lowest BCUT2D eigenvalue weighted by Crippen LogP contribution is -2.51. The highest BCUT2D eigenvalue weighted by Crippen LogP contribution is 2.32. The standard InChI is InChI=1S/C30H41N9O2/c31-29(32)35-12-3-11-34-20-22-7-9-24(10-8-22)39-21-23-19-26(36-28(23)37-30(39)40)25-5-1-2-6-27(25)41-18-4-15-38-16-13-33-14-17-38/h1-2,5-10,19,21,28,33-34,36H,3-4,11-18,20H2,(H,37,40)(H4,31,32,35). The highest BCUT2D eigenvalue weighted by atomic mass is 16.5. The molecule has 3 aliphatic heterocycles. The van der Waals surface area contributed by atoms with Crippen molar-refractivity contribution in [2.75, 3.05) is 57.3 Å². The maximum absolute atomic E-state index is 13.0. The Bertz CT molecular complexity index is 1260. The van der Waals surface area contributed by atoms with Crippen LogP contribution in [0.25, 0.3) is 5.70 Å². The number of fused-ring (bicyclic) bond motifs is 1. The summed E-state index contributed by atoms with van der Waals surface area (Å²) in [5.41, 5.74) is 15.5. The molecule has 2 aromatic carbocycles. The average molecular weight is 560 g/mol. The first kappa shape index (κ1) is 28.5. The summed E-state index contributed by atoms with van der Waals surface area (Å²) in [5, 5.41) is 13.3. The number of amides is 2. The van der Waals surface area contributed by atoms with E-state index < -0.39 is 0 Å². The van der Waals surface area contributed by atoms with Crippen LogP contribution < -0.4 is 42.4 Å².